The molecule has 0 fully saturated rings. The van der Waals surface area contributed by atoms with Crippen LogP contribution >= 0.6 is 0 Å². The SMILES string of the molecule is COc1ccccc1N.Cc1ccccc1. The second kappa shape index (κ2) is 6.51. The van der Waals surface area contributed by atoms with Gasteiger partial charge in [-0.2, -0.15) is 0 Å². The van der Waals surface area contributed by atoms with Crippen LogP contribution in [0.25, 0.3) is 0 Å². The summed E-state index contributed by atoms with van der Waals surface area (Å²) in [4.78, 5) is 0. The Morgan fingerprint density at radius 2 is 1.44 bits per heavy atom. The lowest BCUT2D eigenvalue weighted by molar-refractivity contribution is 0.417. The average molecular weight is 215 g/mol. The largest absolute Gasteiger partial charge is 0.495 e. The van der Waals surface area contributed by atoms with Gasteiger partial charge in [0.2, 0.25) is 0 Å². The number of rotatable bonds is 1. The van der Waals surface area contributed by atoms with Gasteiger partial charge >= 0.3 is 0 Å². The number of aryl methyl sites for hydroxylation is 1. The maximum atomic E-state index is 5.51. The van der Waals surface area contributed by atoms with Gasteiger partial charge in [-0.15, -0.1) is 0 Å². The van der Waals surface area contributed by atoms with Crippen LogP contribution in [0.3, 0.4) is 0 Å². The molecular formula is C14H17NO. The van der Waals surface area contributed by atoms with E-state index in [0.29, 0.717) is 5.69 Å². The van der Waals surface area contributed by atoms with Gasteiger partial charge in [0.25, 0.3) is 0 Å². The normalized spacial score (nSPS) is 8.88. The first kappa shape index (κ1) is 12.1. The zero-order valence-corrected chi connectivity index (χ0v) is 9.68. The molecule has 0 amide bonds. The Morgan fingerprint density at radius 3 is 1.81 bits per heavy atom. The molecule has 2 nitrogen and oxygen atoms in total. The Morgan fingerprint density at radius 1 is 0.875 bits per heavy atom. The number of nitrogen functional groups attached to an aromatic ring is 1. The fraction of sp³-hybridized carbons (Fsp3) is 0.143. The monoisotopic (exact) mass is 215 g/mol. The fourth-order valence-corrected chi connectivity index (χ4v) is 1.20. The van der Waals surface area contributed by atoms with E-state index < -0.39 is 0 Å². The zero-order valence-electron chi connectivity index (χ0n) is 9.68. The third-order valence-corrected chi connectivity index (χ3v) is 2.08. The highest BCUT2D eigenvalue weighted by atomic mass is 16.5. The van der Waals surface area contributed by atoms with E-state index in [1.165, 1.54) is 5.56 Å². The summed E-state index contributed by atoms with van der Waals surface area (Å²) in [7, 11) is 1.60. The number of para-hydroxylation sites is 2. The molecule has 2 N–H and O–H groups in total. The van der Waals surface area contributed by atoms with Crippen molar-refractivity contribution in [2.45, 2.75) is 6.92 Å². The average Bonchev–Trinajstić information content (AvgIpc) is 2.31. The number of nitrogens with two attached hydrogens (primary N) is 1. The molecule has 0 unspecified atom stereocenters. The predicted molar refractivity (Wildman–Crippen MR) is 68.6 cm³/mol. The van der Waals surface area contributed by atoms with E-state index in [-0.39, 0.29) is 0 Å². The van der Waals surface area contributed by atoms with Crippen LogP contribution < -0.4 is 10.5 Å². The van der Waals surface area contributed by atoms with E-state index in [2.05, 4.69) is 19.1 Å². The van der Waals surface area contributed by atoms with E-state index >= 15 is 0 Å². The van der Waals surface area contributed by atoms with E-state index in [4.69, 9.17) is 10.5 Å². The lowest BCUT2D eigenvalue weighted by Crippen LogP contribution is -1.89. The van der Waals surface area contributed by atoms with Crippen LogP contribution in [0.4, 0.5) is 5.69 Å². The molecule has 2 aromatic carbocycles. The number of benzene rings is 2. The van der Waals surface area contributed by atoms with Gasteiger partial charge in [-0.25, -0.2) is 0 Å². The van der Waals surface area contributed by atoms with Gasteiger partial charge in [0.1, 0.15) is 5.75 Å². The van der Waals surface area contributed by atoms with Crippen molar-refractivity contribution in [2.75, 3.05) is 12.8 Å². The van der Waals surface area contributed by atoms with Crippen molar-refractivity contribution < 1.29 is 4.74 Å². The Labute approximate surface area is 96.7 Å². The molecule has 0 radical (unpaired) electrons. The van der Waals surface area contributed by atoms with Crippen LogP contribution in [0.2, 0.25) is 0 Å². The van der Waals surface area contributed by atoms with Crippen LogP contribution in [0.5, 0.6) is 5.75 Å². The summed E-state index contributed by atoms with van der Waals surface area (Å²) in [5.41, 5.74) is 7.51. The molecule has 0 spiro atoms. The van der Waals surface area contributed by atoms with Gasteiger partial charge in [0, 0.05) is 0 Å². The van der Waals surface area contributed by atoms with E-state index in [1.54, 1.807) is 13.2 Å². The molecule has 84 valence electrons. The molecule has 0 atom stereocenters. The Bertz CT molecular complexity index is 412. The van der Waals surface area contributed by atoms with Crippen LogP contribution in [0, 0.1) is 6.92 Å². The highest BCUT2D eigenvalue weighted by molar-refractivity contribution is 5.51. The molecule has 2 aromatic rings. The Balaban J connectivity index is 0.000000165. The lowest BCUT2D eigenvalue weighted by Gasteiger charge is -2.00. The van der Waals surface area contributed by atoms with Crippen LogP contribution in [0.1, 0.15) is 5.56 Å². The number of ether oxygens (including phenoxy) is 1. The van der Waals surface area contributed by atoms with Crippen LogP contribution in [-0.4, -0.2) is 7.11 Å². The Hall–Kier alpha value is -1.96. The van der Waals surface area contributed by atoms with Crippen molar-refractivity contribution in [1.29, 1.82) is 0 Å². The molecule has 0 aromatic heterocycles. The van der Waals surface area contributed by atoms with Gasteiger partial charge in [0.15, 0.2) is 0 Å². The molecule has 0 aliphatic carbocycles. The zero-order chi connectivity index (χ0) is 11.8. The number of anilines is 1. The molecule has 0 saturated carbocycles. The van der Waals surface area contributed by atoms with Crippen LogP contribution in [-0.2, 0) is 0 Å². The first-order valence-electron chi connectivity index (χ1n) is 5.14. The van der Waals surface area contributed by atoms with Crippen molar-refractivity contribution in [1.82, 2.24) is 0 Å². The quantitative estimate of drug-likeness (QED) is 0.741. The lowest BCUT2D eigenvalue weighted by atomic mass is 10.2. The summed E-state index contributed by atoms with van der Waals surface area (Å²) in [6.07, 6.45) is 0. The summed E-state index contributed by atoms with van der Waals surface area (Å²) in [6, 6.07) is 17.7. The maximum Gasteiger partial charge on any atom is 0.141 e. The third-order valence-electron chi connectivity index (χ3n) is 2.08. The van der Waals surface area contributed by atoms with Crippen molar-refractivity contribution in [2.24, 2.45) is 0 Å². The molecule has 0 aliphatic rings. The summed E-state index contributed by atoms with van der Waals surface area (Å²) >= 11 is 0. The number of hydrogen-bond acceptors (Lipinski definition) is 2. The first-order valence-corrected chi connectivity index (χ1v) is 5.14. The van der Waals surface area contributed by atoms with Crippen molar-refractivity contribution in [3.05, 3.63) is 60.2 Å². The Kier molecular flexibility index (Phi) is 4.93. The number of methoxy groups -OCH3 is 1. The van der Waals surface area contributed by atoms with Crippen molar-refractivity contribution in [3.63, 3.8) is 0 Å². The molecule has 2 rings (SSSR count). The summed E-state index contributed by atoms with van der Waals surface area (Å²) in [5, 5.41) is 0. The van der Waals surface area contributed by atoms with Crippen molar-refractivity contribution >= 4 is 5.69 Å². The second-order valence-electron chi connectivity index (χ2n) is 3.40. The molecular weight excluding hydrogens is 198 g/mol. The van der Waals surface area contributed by atoms with Gasteiger partial charge in [-0.3, -0.25) is 0 Å². The molecule has 2 heteroatoms. The molecule has 0 bridgehead atoms. The van der Waals surface area contributed by atoms with Crippen LogP contribution in [0.15, 0.2) is 54.6 Å². The molecule has 16 heavy (non-hydrogen) atoms. The van der Waals surface area contributed by atoms with Gasteiger partial charge in [0.05, 0.1) is 12.8 Å². The van der Waals surface area contributed by atoms with E-state index in [9.17, 15) is 0 Å². The maximum absolute atomic E-state index is 5.51. The summed E-state index contributed by atoms with van der Waals surface area (Å²) < 4.78 is 4.92. The highest BCUT2D eigenvalue weighted by Gasteiger charge is 1.91. The first-order chi connectivity index (χ1) is 7.74. The van der Waals surface area contributed by atoms with Gasteiger partial charge < -0.3 is 10.5 Å². The molecule has 0 heterocycles. The van der Waals surface area contributed by atoms with Gasteiger partial charge in [-0.05, 0) is 19.1 Å². The minimum absolute atomic E-state index is 0.681. The van der Waals surface area contributed by atoms with Gasteiger partial charge in [-0.1, -0.05) is 48.0 Å². The summed E-state index contributed by atoms with van der Waals surface area (Å²) in [6.45, 7) is 2.08. The number of hydrogen-bond donors (Lipinski definition) is 1. The fourth-order valence-electron chi connectivity index (χ4n) is 1.20. The topological polar surface area (TPSA) is 35.2 Å². The third kappa shape index (κ3) is 4.05. The minimum Gasteiger partial charge on any atom is -0.495 e. The second-order valence-corrected chi connectivity index (χ2v) is 3.40. The predicted octanol–water partition coefficient (Wildman–Crippen LogP) is 3.27. The summed E-state index contributed by atoms with van der Waals surface area (Å²) in [5.74, 6) is 0.734. The minimum atomic E-state index is 0.681. The molecule has 0 saturated heterocycles. The van der Waals surface area contributed by atoms with E-state index in [0.717, 1.165) is 5.75 Å². The standard InChI is InChI=1S/C7H9NO.C7H8/c1-9-7-5-3-2-4-6(7)8;1-7-5-3-2-4-6-7/h2-5H,8H2,1H3;2-6H,1H3. The smallest absolute Gasteiger partial charge is 0.141 e. The highest BCUT2D eigenvalue weighted by Crippen LogP contribution is 2.18. The van der Waals surface area contributed by atoms with E-state index in [1.807, 2.05) is 36.4 Å². The van der Waals surface area contributed by atoms with Crippen molar-refractivity contribution in [3.8, 4) is 5.75 Å². The molecule has 0 aliphatic heterocycles.